The van der Waals surface area contributed by atoms with Crippen molar-refractivity contribution in [2.75, 3.05) is 0 Å². The fourth-order valence-electron chi connectivity index (χ4n) is 4.64. The average molecular weight is 472 g/mol. The summed E-state index contributed by atoms with van der Waals surface area (Å²) >= 11 is 0. The Bertz CT molecular complexity index is 1630. The molecule has 0 amide bonds. The maximum atomic E-state index is 10.0. The van der Waals surface area contributed by atoms with Crippen molar-refractivity contribution in [2.24, 2.45) is 12.8 Å². The number of allylic oxidation sites excluding steroid dienone is 1. The summed E-state index contributed by atoms with van der Waals surface area (Å²) in [5, 5.41) is 14.8. The van der Waals surface area contributed by atoms with Gasteiger partial charge in [-0.15, -0.1) is 0 Å². The predicted octanol–water partition coefficient (Wildman–Crippen LogP) is 4.55. The van der Waals surface area contributed by atoms with Crippen LogP contribution in [0, 0.1) is 11.3 Å². The fraction of sp³-hybridized carbons (Fsp3) is 0.0714. The Balaban J connectivity index is 1.46. The van der Waals surface area contributed by atoms with Crippen LogP contribution in [0.5, 0.6) is 5.88 Å². The molecule has 1 aliphatic rings. The molecule has 5 aromatic rings. The van der Waals surface area contributed by atoms with E-state index < -0.39 is 5.92 Å². The topological polar surface area (TPSA) is 108 Å². The van der Waals surface area contributed by atoms with E-state index in [1.165, 1.54) is 0 Å². The summed E-state index contributed by atoms with van der Waals surface area (Å²) in [5.74, 6) is 0.951. The number of ether oxygens (including phenoxy) is 1. The third kappa shape index (κ3) is 3.42. The number of nitrogens with zero attached hydrogens (tertiary/aromatic N) is 6. The van der Waals surface area contributed by atoms with Gasteiger partial charge in [-0.25, -0.2) is 9.67 Å². The van der Waals surface area contributed by atoms with Crippen LogP contribution in [0.3, 0.4) is 0 Å². The molecule has 174 valence electrons. The molecule has 2 aromatic carbocycles. The Hall–Kier alpha value is -5.16. The molecule has 8 heteroatoms. The normalized spacial score (nSPS) is 14.7. The van der Waals surface area contributed by atoms with Gasteiger partial charge in [0.15, 0.2) is 5.82 Å². The third-order valence-corrected chi connectivity index (χ3v) is 6.29. The van der Waals surface area contributed by atoms with Crippen molar-refractivity contribution in [3.63, 3.8) is 0 Å². The van der Waals surface area contributed by atoms with E-state index in [2.05, 4.69) is 16.0 Å². The lowest BCUT2D eigenvalue weighted by molar-refractivity contribution is 0.358. The SMILES string of the molecule is Cn1nc(-c2ccccc2)c2c1OC(N)=C(C#N)C2c1ccc(-n2ccnc2-c2ccccn2)cc1. The summed E-state index contributed by atoms with van der Waals surface area (Å²) < 4.78 is 9.54. The highest BCUT2D eigenvalue weighted by Gasteiger charge is 2.36. The zero-order chi connectivity index (χ0) is 24.6. The van der Waals surface area contributed by atoms with Crippen LogP contribution in [0.2, 0.25) is 0 Å². The molecule has 0 radical (unpaired) electrons. The molecule has 36 heavy (non-hydrogen) atoms. The van der Waals surface area contributed by atoms with Crippen molar-refractivity contribution in [1.29, 1.82) is 5.26 Å². The summed E-state index contributed by atoms with van der Waals surface area (Å²) in [4.78, 5) is 8.92. The molecule has 2 N–H and O–H groups in total. The fourth-order valence-corrected chi connectivity index (χ4v) is 4.64. The van der Waals surface area contributed by atoms with E-state index in [4.69, 9.17) is 15.6 Å². The minimum Gasteiger partial charge on any atom is -0.422 e. The lowest BCUT2D eigenvalue weighted by atomic mass is 9.83. The molecular weight excluding hydrogens is 450 g/mol. The number of nitrogens with two attached hydrogens (primary N) is 1. The van der Waals surface area contributed by atoms with Crippen LogP contribution >= 0.6 is 0 Å². The zero-order valence-electron chi connectivity index (χ0n) is 19.4. The summed E-state index contributed by atoms with van der Waals surface area (Å²) in [5.41, 5.74) is 11.7. The number of rotatable bonds is 4. The molecule has 0 saturated carbocycles. The van der Waals surface area contributed by atoms with E-state index in [1.807, 2.05) is 90.6 Å². The van der Waals surface area contributed by atoms with E-state index in [1.54, 1.807) is 17.1 Å². The highest BCUT2D eigenvalue weighted by molar-refractivity contribution is 5.71. The number of imidazole rings is 1. The molecule has 0 bridgehead atoms. The van der Waals surface area contributed by atoms with Crippen molar-refractivity contribution in [1.82, 2.24) is 24.3 Å². The molecule has 0 fully saturated rings. The lowest BCUT2D eigenvalue weighted by Gasteiger charge is -2.25. The van der Waals surface area contributed by atoms with Gasteiger partial charge in [-0.2, -0.15) is 10.4 Å². The van der Waals surface area contributed by atoms with Gasteiger partial charge in [0.2, 0.25) is 11.8 Å². The van der Waals surface area contributed by atoms with Gasteiger partial charge in [0.1, 0.15) is 23.0 Å². The molecule has 4 heterocycles. The molecule has 8 nitrogen and oxygen atoms in total. The third-order valence-electron chi connectivity index (χ3n) is 6.29. The number of hydrogen-bond donors (Lipinski definition) is 1. The average Bonchev–Trinajstić information content (AvgIpc) is 3.54. The second-order valence-electron chi connectivity index (χ2n) is 8.41. The first kappa shape index (κ1) is 21.4. The molecular formula is C28H21N7O. The highest BCUT2D eigenvalue weighted by atomic mass is 16.5. The smallest absolute Gasteiger partial charge is 0.224 e. The Morgan fingerprint density at radius 2 is 1.72 bits per heavy atom. The molecule has 1 aliphatic heterocycles. The van der Waals surface area contributed by atoms with Crippen molar-refractivity contribution < 1.29 is 4.74 Å². The van der Waals surface area contributed by atoms with Gasteiger partial charge in [-0.05, 0) is 29.8 Å². The Labute approximate surface area is 207 Å². The first-order valence-electron chi connectivity index (χ1n) is 11.4. The van der Waals surface area contributed by atoms with Gasteiger partial charge in [0.25, 0.3) is 0 Å². The second kappa shape index (κ2) is 8.56. The monoisotopic (exact) mass is 471 g/mol. The van der Waals surface area contributed by atoms with Gasteiger partial charge >= 0.3 is 0 Å². The van der Waals surface area contributed by atoms with Crippen LogP contribution in [-0.4, -0.2) is 24.3 Å². The lowest BCUT2D eigenvalue weighted by Crippen LogP contribution is -2.21. The number of pyridine rings is 1. The van der Waals surface area contributed by atoms with Crippen LogP contribution < -0.4 is 10.5 Å². The van der Waals surface area contributed by atoms with Gasteiger partial charge in [0, 0.05) is 36.9 Å². The first-order valence-corrected chi connectivity index (χ1v) is 11.4. The van der Waals surface area contributed by atoms with E-state index in [0.717, 1.165) is 39.6 Å². The molecule has 0 saturated heterocycles. The maximum Gasteiger partial charge on any atom is 0.224 e. The molecule has 3 aromatic heterocycles. The minimum absolute atomic E-state index is 0.0914. The summed E-state index contributed by atoms with van der Waals surface area (Å²) in [6.07, 6.45) is 5.40. The maximum absolute atomic E-state index is 10.0. The standard InChI is InChI=1S/C28H21N7O/c1-34-28-24(25(33-34)19-7-3-2-4-8-19)23(21(17-29)26(30)36-28)18-10-12-20(13-11-18)35-16-15-32-27(35)22-9-5-6-14-31-22/h2-16,23H,30H2,1H3. The van der Waals surface area contributed by atoms with Crippen LogP contribution in [0.4, 0.5) is 0 Å². The quantitative estimate of drug-likeness (QED) is 0.412. The second-order valence-corrected chi connectivity index (χ2v) is 8.41. The van der Waals surface area contributed by atoms with Crippen LogP contribution in [-0.2, 0) is 7.05 Å². The van der Waals surface area contributed by atoms with Gasteiger partial charge in [-0.3, -0.25) is 9.55 Å². The number of benzene rings is 2. The minimum atomic E-state index is -0.422. The van der Waals surface area contributed by atoms with Crippen molar-refractivity contribution in [3.8, 4) is 40.4 Å². The Morgan fingerprint density at radius 3 is 2.44 bits per heavy atom. The number of aromatic nitrogens is 5. The van der Waals surface area contributed by atoms with Crippen molar-refractivity contribution >= 4 is 0 Å². The summed E-state index contributed by atoms with van der Waals surface area (Å²) in [7, 11) is 1.81. The van der Waals surface area contributed by atoms with Crippen LogP contribution in [0.25, 0.3) is 28.5 Å². The number of fused-ring (bicyclic) bond motifs is 1. The van der Waals surface area contributed by atoms with E-state index in [0.29, 0.717) is 11.5 Å². The van der Waals surface area contributed by atoms with Gasteiger partial charge in [0.05, 0.1) is 11.5 Å². The summed E-state index contributed by atoms with van der Waals surface area (Å²) in [6.45, 7) is 0. The molecule has 0 spiro atoms. The van der Waals surface area contributed by atoms with Crippen molar-refractivity contribution in [3.05, 3.63) is 114 Å². The first-order chi connectivity index (χ1) is 17.7. The van der Waals surface area contributed by atoms with Crippen molar-refractivity contribution in [2.45, 2.75) is 5.92 Å². The van der Waals surface area contributed by atoms with Gasteiger partial charge < -0.3 is 10.5 Å². The molecule has 0 aliphatic carbocycles. The number of nitriles is 1. The summed E-state index contributed by atoms with van der Waals surface area (Å²) in [6, 6.07) is 25.9. The number of aryl methyl sites for hydroxylation is 1. The van der Waals surface area contributed by atoms with Gasteiger partial charge in [-0.1, -0.05) is 48.5 Å². The Kier molecular flexibility index (Phi) is 5.08. The molecule has 1 atom stereocenters. The largest absolute Gasteiger partial charge is 0.422 e. The van der Waals surface area contributed by atoms with E-state index in [9.17, 15) is 5.26 Å². The highest BCUT2D eigenvalue weighted by Crippen LogP contribution is 2.46. The van der Waals surface area contributed by atoms with Crippen LogP contribution in [0.15, 0.2) is 103 Å². The molecule has 6 rings (SSSR count). The molecule has 1 unspecified atom stereocenters. The Morgan fingerprint density at radius 1 is 0.944 bits per heavy atom. The van der Waals surface area contributed by atoms with Crippen LogP contribution in [0.1, 0.15) is 17.0 Å². The zero-order valence-corrected chi connectivity index (χ0v) is 19.4. The number of hydrogen-bond acceptors (Lipinski definition) is 6. The predicted molar refractivity (Wildman–Crippen MR) is 135 cm³/mol. The van der Waals surface area contributed by atoms with E-state index >= 15 is 0 Å². The van der Waals surface area contributed by atoms with E-state index in [-0.39, 0.29) is 5.88 Å².